The van der Waals surface area contributed by atoms with Crippen LogP contribution in [0.25, 0.3) is 0 Å². The van der Waals surface area contributed by atoms with Crippen molar-refractivity contribution in [1.82, 2.24) is 10.2 Å². The predicted molar refractivity (Wildman–Crippen MR) is 73.0 cm³/mol. The monoisotopic (exact) mass is 292 g/mol. The average molecular weight is 293 g/mol. The molecule has 0 aromatic heterocycles. The van der Waals surface area contributed by atoms with Gasteiger partial charge in [-0.1, -0.05) is 15.9 Å². The molecule has 0 aromatic rings. The highest BCUT2D eigenvalue weighted by Gasteiger charge is 2.03. The van der Waals surface area contributed by atoms with Gasteiger partial charge in [-0.3, -0.25) is 4.79 Å². The second kappa shape index (κ2) is 10.1. The maximum absolute atomic E-state index is 11.4. The number of carbonyl (C=O) groups is 1. The van der Waals surface area contributed by atoms with E-state index in [1.807, 2.05) is 0 Å². The Morgan fingerprint density at radius 3 is 2.56 bits per heavy atom. The third kappa shape index (κ3) is 9.16. The highest BCUT2D eigenvalue weighted by atomic mass is 79.9. The van der Waals surface area contributed by atoms with Crippen LogP contribution in [-0.2, 0) is 4.79 Å². The molecule has 0 aromatic carbocycles. The van der Waals surface area contributed by atoms with Gasteiger partial charge in [-0.25, -0.2) is 0 Å². The van der Waals surface area contributed by atoms with Gasteiger partial charge in [0.2, 0.25) is 5.91 Å². The number of nitrogens with one attached hydrogen (secondary N) is 1. The van der Waals surface area contributed by atoms with Crippen LogP contribution in [0.4, 0.5) is 0 Å². The summed E-state index contributed by atoms with van der Waals surface area (Å²) in [6, 6.07) is 0.578. The first-order chi connectivity index (χ1) is 7.57. The van der Waals surface area contributed by atoms with Crippen molar-refractivity contribution in [3.05, 3.63) is 0 Å². The highest BCUT2D eigenvalue weighted by molar-refractivity contribution is 9.09. The third-order valence-corrected chi connectivity index (χ3v) is 3.24. The smallest absolute Gasteiger partial charge is 0.219 e. The van der Waals surface area contributed by atoms with Gasteiger partial charge < -0.3 is 10.2 Å². The Hall–Kier alpha value is -0.0900. The van der Waals surface area contributed by atoms with E-state index in [0.29, 0.717) is 12.5 Å². The van der Waals surface area contributed by atoms with E-state index in [2.05, 4.69) is 47.0 Å². The first-order valence-electron chi connectivity index (χ1n) is 6.10. The standard InChI is InChI=1S/C12H25BrN2O/c1-11(2)15(3)10-6-9-14-12(16)7-4-5-8-13/h11H,4-10H2,1-3H3,(H,14,16). The Labute approximate surface area is 108 Å². The first kappa shape index (κ1) is 15.9. The number of alkyl halides is 1. The van der Waals surface area contributed by atoms with Crippen LogP contribution < -0.4 is 5.32 Å². The van der Waals surface area contributed by atoms with Crippen LogP contribution in [0.2, 0.25) is 0 Å². The lowest BCUT2D eigenvalue weighted by atomic mass is 10.2. The molecule has 0 aliphatic carbocycles. The van der Waals surface area contributed by atoms with E-state index in [0.717, 1.165) is 37.7 Å². The van der Waals surface area contributed by atoms with Gasteiger partial charge in [0.25, 0.3) is 0 Å². The molecular formula is C12H25BrN2O. The SMILES string of the molecule is CC(C)N(C)CCCNC(=O)CCCCBr. The van der Waals surface area contributed by atoms with Crippen molar-refractivity contribution < 1.29 is 4.79 Å². The van der Waals surface area contributed by atoms with Crippen LogP contribution in [0.5, 0.6) is 0 Å². The molecule has 0 saturated heterocycles. The van der Waals surface area contributed by atoms with Crippen LogP contribution >= 0.6 is 15.9 Å². The maximum Gasteiger partial charge on any atom is 0.219 e. The molecule has 0 heterocycles. The molecule has 0 atom stereocenters. The largest absolute Gasteiger partial charge is 0.356 e. The molecule has 0 bridgehead atoms. The number of rotatable bonds is 9. The zero-order chi connectivity index (χ0) is 12.4. The van der Waals surface area contributed by atoms with Crippen LogP contribution in [-0.4, -0.2) is 42.3 Å². The van der Waals surface area contributed by atoms with E-state index in [-0.39, 0.29) is 5.91 Å². The maximum atomic E-state index is 11.4. The summed E-state index contributed by atoms with van der Waals surface area (Å²) in [5.41, 5.74) is 0. The summed E-state index contributed by atoms with van der Waals surface area (Å²) < 4.78 is 0. The molecule has 0 rings (SSSR count). The van der Waals surface area contributed by atoms with Crippen molar-refractivity contribution in [1.29, 1.82) is 0 Å². The predicted octanol–water partition coefficient (Wildman–Crippen LogP) is 2.40. The second-order valence-electron chi connectivity index (χ2n) is 4.42. The fraction of sp³-hybridized carbons (Fsp3) is 0.917. The van der Waals surface area contributed by atoms with E-state index in [4.69, 9.17) is 0 Å². The minimum absolute atomic E-state index is 0.188. The fourth-order valence-electron chi connectivity index (χ4n) is 1.28. The number of amides is 1. The van der Waals surface area contributed by atoms with Gasteiger partial charge in [-0.05, 0) is 46.7 Å². The first-order valence-corrected chi connectivity index (χ1v) is 7.23. The molecule has 16 heavy (non-hydrogen) atoms. The van der Waals surface area contributed by atoms with Crippen LogP contribution in [0.3, 0.4) is 0 Å². The van der Waals surface area contributed by atoms with Gasteiger partial charge in [0.15, 0.2) is 0 Å². The molecule has 0 spiro atoms. The van der Waals surface area contributed by atoms with E-state index in [9.17, 15) is 4.79 Å². The number of halogens is 1. The zero-order valence-corrected chi connectivity index (χ0v) is 12.3. The molecule has 0 unspecified atom stereocenters. The van der Waals surface area contributed by atoms with Gasteiger partial charge in [0.05, 0.1) is 0 Å². The summed E-state index contributed by atoms with van der Waals surface area (Å²) in [7, 11) is 2.11. The normalized spacial score (nSPS) is 11.1. The molecule has 0 aliphatic heterocycles. The quantitative estimate of drug-likeness (QED) is 0.523. The molecule has 0 radical (unpaired) electrons. The summed E-state index contributed by atoms with van der Waals surface area (Å²) in [5.74, 6) is 0.188. The van der Waals surface area contributed by atoms with E-state index >= 15 is 0 Å². The average Bonchev–Trinajstić information content (AvgIpc) is 2.24. The van der Waals surface area contributed by atoms with Crippen molar-refractivity contribution >= 4 is 21.8 Å². The van der Waals surface area contributed by atoms with Crippen LogP contribution in [0.15, 0.2) is 0 Å². The van der Waals surface area contributed by atoms with Gasteiger partial charge in [0.1, 0.15) is 0 Å². The van der Waals surface area contributed by atoms with Crippen molar-refractivity contribution in [2.24, 2.45) is 0 Å². The van der Waals surface area contributed by atoms with Crippen LogP contribution in [0.1, 0.15) is 39.5 Å². The Morgan fingerprint density at radius 1 is 1.31 bits per heavy atom. The minimum atomic E-state index is 0.188. The zero-order valence-electron chi connectivity index (χ0n) is 10.8. The molecule has 0 fully saturated rings. The minimum Gasteiger partial charge on any atom is -0.356 e. The molecule has 3 nitrogen and oxygen atoms in total. The second-order valence-corrected chi connectivity index (χ2v) is 5.22. The lowest BCUT2D eigenvalue weighted by molar-refractivity contribution is -0.121. The van der Waals surface area contributed by atoms with Gasteiger partial charge in [0, 0.05) is 24.3 Å². The number of nitrogens with zero attached hydrogens (tertiary/aromatic N) is 1. The fourth-order valence-corrected chi connectivity index (χ4v) is 1.68. The molecule has 4 heteroatoms. The van der Waals surface area contributed by atoms with Crippen molar-refractivity contribution in [2.45, 2.75) is 45.6 Å². The molecule has 1 amide bonds. The summed E-state index contributed by atoms with van der Waals surface area (Å²) in [6.45, 7) is 6.20. The van der Waals surface area contributed by atoms with Crippen molar-refractivity contribution in [2.75, 3.05) is 25.5 Å². The summed E-state index contributed by atoms with van der Waals surface area (Å²) in [6.07, 6.45) is 3.73. The van der Waals surface area contributed by atoms with Crippen molar-refractivity contribution in [3.63, 3.8) is 0 Å². The van der Waals surface area contributed by atoms with Crippen LogP contribution in [0, 0.1) is 0 Å². The third-order valence-electron chi connectivity index (χ3n) is 2.68. The Bertz CT molecular complexity index is 186. The molecule has 0 aliphatic rings. The summed E-state index contributed by atoms with van der Waals surface area (Å²) in [4.78, 5) is 13.6. The highest BCUT2D eigenvalue weighted by Crippen LogP contribution is 1.98. The molecule has 1 N–H and O–H groups in total. The van der Waals surface area contributed by atoms with Gasteiger partial charge in [-0.2, -0.15) is 0 Å². The topological polar surface area (TPSA) is 32.3 Å². The van der Waals surface area contributed by atoms with Gasteiger partial charge >= 0.3 is 0 Å². The van der Waals surface area contributed by atoms with E-state index in [1.54, 1.807) is 0 Å². The Balaban J connectivity index is 3.34. The molecule has 0 saturated carbocycles. The summed E-state index contributed by atoms with van der Waals surface area (Å²) in [5, 5.41) is 3.94. The summed E-state index contributed by atoms with van der Waals surface area (Å²) >= 11 is 3.36. The number of unbranched alkanes of at least 4 members (excludes halogenated alkanes) is 1. The Kier molecular flexibility index (Phi) is 10.0. The van der Waals surface area contributed by atoms with E-state index in [1.165, 1.54) is 0 Å². The lowest BCUT2D eigenvalue weighted by Crippen LogP contribution is -2.31. The number of hydrogen-bond acceptors (Lipinski definition) is 2. The van der Waals surface area contributed by atoms with E-state index < -0.39 is 0 Å². The molecular weight excluding hydrogens is 268 g/mol. The Morgan fingerprint density at radius 2 is 2.00 bits per heavy atom. The van der Waals surface area contributed by atoms with Gasteiger partial charge in [-0.15, -0.1) is 0 Å². The van der Waals surface area contributed by atoms with Crippen molar-refractivity contribution in [3.8, 4) is 0 Å². The number of hydrogen-bond donors (Lipinski definition) is 1. The molecule has 96 valence electrons. The number of carbonyl (C=O) groups excluding carboxylic acids is 1. The lowest BCUT2D eigenvalue weighted by Gasteiger charge is -2.20.